The number of nitrogens with one attached hydrogen (secondary N) is 1. The Hall–Kier alpha value is -2.27. The first kappa shape index (κ1) is 15.1. The SMILES string of the molecule is Cc1oc(C)c(C(=O)Nc2ccc(C(=O)O)c(Cl)c2)c1C. The minimum atomic E-state index is -1.12. The lowest BCUT2D eigenvalue weighted by Crippen LogP contribution is -2.13. The van der Waals surface area contributed by atoms with Crippen LogP contribution >= 0.6 is 11.6 Å². The van der Waals surface area contributed by atoms with E-state index < -0.39 is 5.97 Å². The van der Waals surface area contributed by atoms with Gasteiger partial charge in [-0.3, -0.25) is 4.79 Å². The van der Waals surface area contributed by atoms with Crippen LogP contribution < -0.4 is 5.32 Å². The number of carboxylic acids is 1. The summed E-state index contributed by atoms with van der Waals surface area (Å²) in [6.45, 7) is 5.31. The van der Waals surface area contributed by atoms with Gasteiger partial charge >= 0.3 is 5.97 Å². The third-order valence-electron chi connectivity index (χ3n) is 3.25. The van der Waals surface area contributed by atoms with Crippen LogP contribution in [0.4, 0.5) is 5.69 Å². The number of hydrogen-bond donors (Lipinski definition) is 2. The van der Waals surface area contributed by atoms with Crippen LogP contribution in [0.1, 0.15) is 37.8 Å². The van der Waals surface area contributed by atoms with Crippen molar-refractivity contribution in [3.05, 3.63) is 51.4 Å². The number of benzene rings is 1. The van der Waals surface area contributed by atoms with Gasteiger partial charge in [0.05, 0.1) is 16.1 Å². The fourth-order valence-corrected chi connectivity index (χ4v) is 2.35. The van der Waals surface area contributed by atoms with Crippen molar-refractivity contribution in [2.45, 2.75) is 20.8 Å². The Morgan fingerprint density at radius 1 is 1.19 bits per heavy atom. The van der Waals surface area contributed by atoms with Crippen molar-refractivity contribution in [2.24, 2.45) is 0 Å². The van der Waals surface area contributed by atoms with Crippen molar-refractivity contribution in [1.29, 1.82) is 0 Å². The van der Waals surface area contributed by atoms with Gasteiger partial charge in [-0.15, -0.1) is 0 Å². The molecule has 2 N–H and O–H groups in total. The zero-order valence-corrected chi connectivity index (χ0v) is 12.5. The molecule has 0 aliphatic heterocycles. The number of furan rings is 1. The van der Waals surface area contributed by atoms with Gasteiger partial charge in [0.15, 0.2) is 0 Å². The lowest BCUT2D eigenvalue weighted by atomic mass is 10.1. The van der Waals surface area contributed by atoms with Gasteiger partial charge in [-0.1, -0.05) is 11.6 Å². The Morgan fingerprint density at radius 3 is 2.33 bits per heavy atom. The number of halogens is 1. The zero-order chi connectivity index (χ0) is 15.7. The van der Waals surface area contributed by atoms with E-state index in [4.69, 9.17) is 21.1 Å². The highest BCUT2D eigenvalue weighted by Gasteiger charge is 2.19. The maximum atomic E-state index is 12.3. The number of rotatable bonds is 3. The first-order valence-electron chi connectivity index (χ1n) is 6.22. The molecule has 1 aromatic heterocycles. The maximum absolute atomic E-state index is 12.3. The van der Waals surface area contributed by atoms with Crippen LogP contribution in [0.3, 0.4) is 0 Å². The molecule has 0 unspecified atom stereocenters. The molecule has 6 heteroatoms. The highest BCUT2D eigenvalue weighted by Crippen LogP contribution is 2.24. The Morgan fingerprint density at radius 2 is 1.86 bits per heavy atom. The van der Waals surface area contributed by atoms with Gasteiger partial charge in [-0.25, -0.2) is 4.79 Å². The fraction of sp³-hybridized carbons (Fsp3) is 0.200. The summed E-state index contributed by atoms with van der Waals surface area (Å²) in [6.07, 6.45) is 0. The quantitative estimate of drug-likeness (QED) is 0.903. The number of amides is 1. The molecular formula is C15H14ClNO4. The molecule has 1 amide bonds. The van der Waals surface area contributed by atoms with Gasteiger partial charge in [-0.2, -0.15) is 0 Å². The lowest BCUT2D eigenvalue weighted by molar-refractivity contribution is 0.0697. The summed E-state index contributed by atoms with van der Waals surface area (Å²) in [5.74, 6) is -0.205. The molecule has 2 aromatic rings. The van der Waals surface area contributed by atoms with Crippen LogP contribution in [-0.2, 0) is 0 Å². The predicted molar refractivity (Wildman–Crippen MR) is 79.3 cm³/mol. The molecule has 5 nitrogen and oxygen atoms in total. The fourth-order valence-electron chi connectivity index (χ4n) is 2.09. The van der Waals surface area contributed by atoms with E-state index in [0.29, 0.717) is 22.8 Å². The van der Waals surface area contributed by atoms with E-state index in [2.05, 4.69) is 5.32 Å². The van der Waals surface area contributed by atoms with E-state index in [1.807, 2.05) is 0 Å². The Balaban J connectivity index is 2.28. The molecule has 2 rings (SSSR count). The second kappa shape index (κ2) is 5.61. The van der Waals surface area contributed by atoms with Crippen LogP contribution in [0.5, 0.6) is 0 Å². The number of carbonyl (C=O) groups excluding carboxylic acids is 1. The minimum Gasteiger partial charge on any atom is -0.478 e. The molecule has 0 atom stereocenters. The van der Waals surface area contributed by atoms with Crippen molar-refractivity contribution >= 4 is 29.2 Å². The summed E-state index contributed by atoms with van der Waals surface area (Å²) < 4.78 is 5.41. The van der Waals surface area contributed by atoms with E-state index in [0.717, 1.165) is 5.56 Å². The van der Waals surface area contributed by atoms with Crippen LogP contribution in [0.2, 0.25) is 5.02 Å². The Bertz CT molecular complexity index is 734. The molecule has 0 aliphatic rings. The Kier molecular flexibility index (Phi) is 4.04. The first-order chi connectivity index (χ1) is 9.81. The molecule has 0 fully saturated rings. The summed E-state index contributed by atoms with van der Waals surface area (Å²) in [4.78, 5) is 23.2. The normalized spacial score (nSPS) is 10.5. The van der Waals surface area contributed by atoms with Gasteiger partial charge in [0.1, 0.15) is 11.5 Å². The molecule has 0 saturated carbocycles. The summed E-state index contributed by atoms with van der Waals surface area (Å²) in [5.41, 5.74) is 1.66. The second-order valence-electron chi connectivity index (χ2n) is 4.67. The molecule has 0 bridgehead atoms. The van der Waals surface area contributed by atoms with Gasteiger partial charge < -0.3 is 14.8 Å². The Labute approximate surface area is 126 Å². The van der Waals surface area contributed by atoms with E-state index in [9.17, 15) is 9.59 Å². The molecule has 0 aliphatic carbocycles. The lowest BCUT2D eigenvalue weighted by Gasteiger charge is -2.07. The van der Waals surface area contributed by atoms with Crippen molar-refractivity contribution in [2.75, 3.05) is 5.32 Å². The van der Waals surface area contributed by atoms with Gasteiger partial charge in [-0.05, 0) is 39.0 Å². The minimum absolute atomic E-state index is 0.0128. The van der Waals surface area contributed by atoms with Crippen molar-refractivity contribution in [1.82, 2.24) is 0 Å². The van der Waals surface area contributed by atoms with Crippen molar-refractivity contribution in [3.63, 3.8) is 0 Å². The van der Waals surface area contributed by atoms with Gasteiger partial charge in [0.2, 0.25) is 0 Å². The molecule has 0 saturated heterocycles. The molecular weight excluding hydrogens is 294 g/mol. The van der Waals surface area contributed by atoms with E-state index in [1.54, 1.807) is 20.8 Å². The number of carboxylic acid groups (broad SMARTS) is 1. The zero-order valence-electron chi connectivity index (χ0n) is 11.8. The summed E-state index contributed by atoms with van der Waals surface area (Å²) >= 11 is 5.87. The summed E-state index contributed by atoms with van der Waals surface area (Å²) in [5, 5.41) is 11.7. The third-order valence-corrected chi connectivity index (χ3v) is 3.56. The van der Waals surface area contributed by atoms with Crippen LogP contribution in [0.25, 0.3) is 0 Å². The molecule has 110 valence electrons. The topological polar surface area (TPSA) is 79.5 Å². The van der Waals surface area contributed by atoms with E-state index >= 15 is 0 Å². The average Bonchev–Trinajstić information content (AvgIpc) is 2.62. The average molecular weight is 308 g/mol. The van der Waals surface area contributed by atoms with E-state index in [-0.39, 0.29) is 16.5 Å². The molecule has 21 heavy (non-hydrogen) atoms. The standard InChI is InChI=1S/C15H14ClNO4/c1-7-8(2)21-9(3)13(7)14(18)17-10-4-5-11(15(19)20)12(16)6-10/h4-6H,1-3H3,(H,17,18)(H,19,20). The predicted octanol–water partition coefficient (Wildman–Crippen LogP) is 3.81. The smallest absolute Gasteiger partial charge is 0.337 e. The second-order valence-corrected chi connectivity index (χ2v) is 5.08. The van der Waals surface area contributed by atoms with Gasteiger partial charge in [0.25, 0.3) is 5.91 Å². The van der Waals surface area contributed by atoms with Crippen LogP contribution in [-0.4, -0.2) is 17.0 Å². The highest BCUT2D eigenvalue weighted by molar-refractivity contribution is 6.33. The highest BCUT2D eigenvalue weighted by atomic mass is 35.5. The number of carbonyl (C=O) groups is 2. The van der Waals surface area contributed by atoms with Crippen molar-refractivity contribution < 1.29 is 19.1 Å². The molecule has 1 heterocycles. The van der Waals surface area contributed by atoms with E-state index in [1.165, 1.54) is 18.2 Å². The number of aryl methyl sites for hydroxylation is 2. The largest absolute Gasteiger partial charge is 0.478 e. The van der Waals surface area contributed by atoms with Crippen LogP contribution in [0.15, 0.2) is 22.6 Å². The number of hydrogen-bond acceptors (Lipinski definition) is 3. The molecule has 1 aromatic carbocycles. The number of anilines is 1. The third kappa shape index (κ3) is 2.92. The maximum Gasteiger partial charge on any atom is 0.337 e. The van der Waals surface area contributed by atoms with Gasteiger partial charge in [0, 0.05) is 11.3 Å². The van der Waals surface area contributed by atoms with Crippen molar-refractivity contribution in [3.8, 4) is 0 Å². The number of aromatic carboxylic acids is 1. The summed E-state index contributed by atoms with van der Waals surface area (Å²) in [6, 6.07) is 4.24. The first-order valence-corrected chi connectivity index (χ1v) is 6.60. The molecule has 0 radical (unpaired) electrons. The monoisotopic (exact) mass is 307 g/mol. The molecule has 0 spiro atoms. The summed E-state index contributed by atoms with van der Waals surface area (Å²) in [7, 11) is 0. The van der Waals surface area contributed by atoms with Crippen LogP contribution in [0, 0.1) is 20.8 Å².